The van der Waals surface area contributed by atoms with Crippen LogP contribution in [0, 0.1) is 6.92 Å². The molecule has 0 aliphatic heterocycles. The van der Waals surface area contributed by atoms with E-state index in [0.717, 1.165) is 27.6 Å². The van der Waals surface area contributed by atoms with Crippen molar-refractivity contribution in [1.82, 2.24) is 15.8 Å². The third kappa shape index (κ3) is 4.71. The number of aryl methyl sites for hydroxylation is 1. The van der Waals surface area contributed by atoms with Crippen LogP contribution >= 0.6 is 0 Å². The third-order valence-corrected chi connectivity index (χ3v) is 4.52. The van der Waals surface area contributed by atoms with Crippen LogP contribution in [-0.4, -0.2) is 23.4 Å². The normalized spacial score (nSPS) is 10.9. The Labute approximate surface area is 164 Å². The Bertz CT molecular complexity index is 992. The molecule has 146 valence electrons. The van der Waals surface area contributed by atoms with E-state index in [4.69, 9.17) is 4.74 Å². The van der Waals surface area contributed by atoms with Gasteiger partial charge in [0, 0.05) is 17.1 Å². The van der Waals surface area contributed by atoms with Crippen molar-refractivity contribution in [3.05, 3.63) is 65.4 Å². The van der Waals surface area contributed by atoms with Crippen molar-refractivity contribution < 1.29 is 14.3 Å². The number of H-pyrrole nitrogens is 1. The van der Waals surface area contributed by atoms with Gasteiger partial charge in [-0.05, 0) is 41.7 Å². The van der Waals surface area contributed by atoms with Crippen molar-refractivity contribution in [3.8, 4) is 5.75 Å². The number of benzene rings is 2. The molecule has 0 radical (unpaired) electrons. The van der Waals surface area contributed by atoms with Crippen molar-refractivity contribution in [2.75, 3.05) is 6.61 Å². The number of carbonyl (C=O) groups excluding carboxylic acids is 2. The maximum atomic E-state index is 12.1. The van der Waals surface area contributed by atoms with Gasteiger partial charge in [-0.3, -0.25) is 20.4 Å². The molecule has 2 amide bonds. The van der Waals surface area contributed by atoms with Gasteiger partial charge in [-0.15, -0.1) is 0 Å². The minimum atomic E-state index is -0.413. The molecule has 2 aromatic carbocycles. The first-order chi connectivity index (χ1) is 13.4. The summed E-state index contributed by atoms with van der Waals surface area (Å²) in [7, 11) is 0. The zero-order valence-electron chi connectivity index (χ0n) is 16.3. The molecule has 0 bridgehead atoms. The Hall–Kier alpha value is -3.28. The highest BCUT2D eigenvalue weighted by molar-refractivity contribution is 5.89. The molecule has 0 saturated heterocycles. The number of ether oxygens (including phenoxy) is 1. The van der Waals surface area contributed by atoms with Gasteiger partial charge in [0.1, 0.15) is 5.75 Å². The number of hydrogen-bond acceptors (Lipinski definition) is 3. The largest absolute Gasteiger partial charge is 0.483 e. The van der Waals surface area contributed by atoms with Crippen LogP contribution in [0.5, 0.6) is 5.75 Å². The van der Waals surface area contributed by atoms with Crippen LogP contribution in [0.3, 0.4) is 0 Å². The summed E-state index contributed by atoms with van der Waals surface area (Å²) in [6, 6.07) is 13.7. The molecule has 0 aliphatic rings. The number of amides is 2. The molecule has 28 heavy (non-hydrogen) atoms. The van der Waals surface area contributed by atoms with Crippen molar-refractivity contribution in [3.63, 3.8) is 0 Å². The van der Waals surface area contributed by atoms with Gasteiger partial charge in [0.25, 0.3) is 5.91 Å². The molecule has 1 aromatic heterocycles. The maximum Gasteiger partial charge on any atom is 0.276 e. The van der Waals surface area contributed by atoms with Crippen LogP contribution in [0.15, 0.2) is 48.7 Å². The summed E-state index contributed by atoms with van der Waals surface area (Å²) in [6.07, 6.45) is 1.97. The lowest BCUT2D eigenvalue weighted by molar-refractivity contribution is -0.129. The highest BCUT2D eigenvalue weighted by Gasteiger charge is 2.12. The number of carbonyl (C=O) groups is 2. The first kappa shape index (κ1) is 19.5. The minimum Gasteiger partial charge on any atom is -0.483 e. The van der Waals surface area contributed by atoms with Gasteiger partial charge >= 0.3 is 0 Å². The molecule has 3 aromatic rings. The topological polar surface area (TPSA) is 83.2 Å². The Morgan fingerprint density at radius 2 is 1.82 bits per heavy atom. The van der Waals surface area contributed by atoms with Crippen LogP contribution in [-0.2, 0) is 16.0 Å². The van der Waals surface area contributed by atoms with Crippen molar-refractivity contribution in [1.29, 1.82) is 0 Å². The van der Waals surface area contributed by atoms with Gasteiger partial charge in [0.2, 0.25) is 5.91 Å². The summed E-state index contributed by atoms with van der Waals surface area (Å²) in [5.74, 6) is 0.268. The summed E-state index contributed by atoms with van der Waals surface area (Å²) in [6.45, 7) is 5.95. The summed E-state index contributed by atoms with van der Waals surface area (Å²) in [4.78, 5) is 27.3. The Balaban J connectivity index is 1.51. The predicted octanol–water partition coefficient (Wildman–Crippen LogP) is 3.37. The summed E-state index contributed by atoms with van der Waals surface area (Å²) < 4.78 is 5.67. The number of hydrogen-bond donors (Lipinski definition) is 3. The van der Waals surface area contributed by atoms with Gasteiger partial charge in [-0.1, -0.05) is 44.2 Å². The molecule has 0 atom stereocenters. The van der Waals surface area contributed by atoms with Gasteiger partial charge in [0.05, 0.1) is 6.42 Å². The number of aromatic nitrogens is 1. The SMILES string of the molecule is Cc1ccc(C(C)C)c(OCC(=O)NNC(=O)Cc2c[nH]c3ccccc23)c1. The third-order valence-electron chi connectivity index (χ3n) is 4.52. The molecule has 0 fully saturated rings. The van der Waals surface area contributed by atoms with E-state index >= 15 is 0 Å². The lowest BCUT2D eigenvalue weighted by Crippen LogP contribution is -2.44. The smallest absolute Gasteiger partial charge is 0.276 e. The molecule has 0 unspecified atom stereocenters. The molecule has 3 rings (SSSR count). The highest BCUT2D eigenvalue weighted by atomic mass is 16.5. The van der Waals surface area contributed by atoms with Crippen LogP contribution in [0.2, 0.25) is 0 Å². The molecule has 0 spiro atoms. The Kier molecular flexibility index (Phi) is 5.99. The van der Waals surface area contributed by atoms with Crippen LogP contribution in [0.1, 0.15) is 36.5 Å². The van der Waals surface area contributed by atoms with E-state index in [1.54, 1.807) is 6.20 Å². The molecule has 6 heteroatoms. The maximum absolute atomic E-state index is 12.1. The molecule has 0 aliphatic carbocycles. The van der Waals surface area contributed by atoms with Gasteiger partial charge in [-0.2, -0.15) is 0 Å². The fraction of sp³-hybridized carbons (Fsp3) is 0.273. The van der Waals surface area contributed by atoms with Crippen molar-refractivity contribution in [2.45, 2.75) is 33.1 Å². The van der Waals surface area contributed by atoms with E-state index in [9.17, 15) is 9.59 Å². The summed E-state index contributed by atoms with van der Waals surface area (Å²) >= 11 is 0. The van der Waals surface area contributed by atoms with Crippen LogP contribution < -0.4 is 15.6 Å². The van der Waals surface area contributed by atoms with E-state index in [2.05, 4.69) is 29.7 Å². The Morgan fingerprint density at radius 1 is 1.07 bits per heavy atom. The zero-order chi connectivity index (χ0) is 20.1. The number of rotatable bonds is 6. The monoisotopic (exact) mass is 379 g/mol. The molecule has 1 heterocycles. The van der Waals surface area contributed by atoms with E-state index in [1.165, 1.54) is 0 Å². The number of aromatic amines is 1. The first-order valence-corrected chi connectivity index (χ1v) is 9.30. The van der Waals surface area contributed by atoms with Crippen LogP contribution in [0.4, 0.5) is 0 Å². The second-order valence-electron chi connectivity index (χ2n) is 7.12. The molecule has 6 nitrogen and oxygen atoms in total. The van der Waals surface area contributed by atoms with Gasteiger partial charge < -0.3 is 9.72 Å². The average molecular weight is 379 g/mol. The fourth-order valence-corrected chi connectivity index (χ4v) is 3.06. The van der Waals surface area contributed by atoms with Gasteiger partial charge in [-0.25, -0.2) is 0 Å². The Morgan fingerprint density at radius 3 is 2.61 bits per heavy atom. The summed E-state index contributed by atoms with van der Waals surface area (Å²) in [5.41, 5.74) is 8.79. The first-order valence-electron chi connectivity index (χ1n) is 9.30. The van der Waals surface area contributed by atoms with Gasteiger partial charge in [0.15, 0.2) is 6.61 Å². The number of fused-ring (bicyclic) bond motifs is 1. The lowest BCUT2D eigenvalue weighted by atomic mass is 10.0. The average Bonchev–Trinajstić information content (AvgIpc) is 3.07. The van der Waals surface area contributed by atoms with Crippen molar-refractivity contribution in [2.24, 2.45) is 0 Å². The second-order valence-corrected chi connectivity index (χ2v) is 7.12. The van der Waals surface area contributed by atoms with E-state index < -0.39 is 5.91 Å². The predicted molar refractivity (Wildman–Crippen MR) is 109 cm³/mol. The van der Waals surface area contributed by atoms with E-state index in [-0.39, 0.29) is 24.9 Å². The number of hydrazine groups is 1. The second kappa shape index (κ2) is 8.61. The number of para-hydroxylation sites is 1. The molecule has 3 N–H and O–H groups in total. The quantitative estimate of drug-likeness (QED) is 0.574. The highest BCUT2D eigenvalue weighted by Crippen LogP contribution is 2.27. The van der Waals surface area contributed by atoms with Crippen molar-refractivity contribution >= 4 is 22.7 Å². The summed E-state index contributed by atoms with van der Waals surface area (Å²) in [5, 5.41) is 0.993. The lowest BCUT2D eigenvalue weighted by Gasteiger charge is -2.15. The molecular weight excluding hydrogens is 354 g/mol. The minimum absolute atomic E-state index is 0.167. The van der Waals surface area contributed by atoms with E-state index in [1.807, 2.05) is 49.4 Å². The fourth-order valence-electron chi connectivity index (χ4n) is 3.06. The number of nitrogens with one attached hydrogen (secondary N) is 3. The standard InChI is InChI=1S/C22H25N3O3/c1-14(2)17-9-8-15(3)10-20(17)28-13-22(27)25-24-21(26)11-16-12-23-19-7-5-4-6-18(16)19/h4-10,12,14,23H,11,13H2,1-3H3,(H,24,26)(H,25,27). The van der Waals surface area contributed by atoms with E-state index in [0.29, 0.717) is 5.75 Å². The molecular formula is C22H25N3O3. The molecule has 0 saturated carbocycles. The van der Waals surface area contributed by atoms with Crippen LogP contribution in [0.25, 0.3) is 10.9 Å². The zero-order valence-corrected chi connectivity index (χ0v) is 16.3.